The summed E-state index contributed by atoms with van der Waals surface area (Å²) in [7, 11) is 0. The fourth-order valence-corrected chi connectivity index (χ4v) is 3.48. The molecule has 2 unspecified atom stereocenters. The second kappa shape index (κ2) is 5.52. The molecule has 0 radical (unpaired) electrons. The third kappa shape index (κ3) is 2.79. The van der Waals surface area contributed by atoms with Crippen molar-refractivity contribution in [2.75, 3.05) is 11.9 Å². The number of hydrogen-bond acceptors (Lipinski definition) is 2. The fourth-order valence-electron chi connectivity index (χ4n) is 2.32. The lowest BCUT2D eigenvalue weighted by Gasteiger charge is -2.21. The van der Waals surface area contributed by atoms with Gasteiger partial charge in [-0.05, 0) is 59.4 Å². The minimum absolute atomic E-state index is 0.530. The van der Waals surface area contributed by atoms with Crippen molar-refractivity contribution in [2.45, 2.75) is 25.3 Å². The number of halogens is 2. The molecule has 4 heteroatoms. The van der Waals surface area contributed by atoms with Crippen molar-refractivity contribution in [3.63, 3.8) is 0 Å². The summed E-state index contributed by atoms with van der Waals surface area (Å²) in [5, 5.41) is 3.59. The third-order valence-electron chi connectivity index (χ3n) is 3.23. The Morgan fingerprint density at radius 3 is 2.81 bits per heavy atom. The van der Waals surface area contributed by atoms with Crippen LogP contribution < -0.4 is 11.1 Å². The topological polar surface area (TPSA) is 38.0 Å². The van der Waals surface area contributed by atoms with Gasteiger partial charge in [0.15, 0.2) is 0 Å². The largest absolute Gasteiger partial charge is 0.381 e. The van der Waals surface area contributed by atoms with E-state index < -0.39 is 0 Å². The maximum absolute atomic E-state index is 5.78. The van der Waals surface area contributed by atoms with Crippen LogP contribution in [0.3, 0.4) is 0 Å². The molecule has 0 saturated heterocycles. The van der Waals surface area contributed by atoms with Crippen molar-refractivity contribution >= 4 is 37.5 Å². The molecule has 2 atom stereocenters. The lowest BCUT2D eigenvalue weighted by molar-refractivity contribution is 0.516. The van der Waals surface area contributed by atoms with Crippen LogP contribution >= 0.6 is 31.9 Å². The van der Waals surface area contributed by atoms with E-state index in [-0.39, 0.29) is 0 Å². The van der Waals surface area contributed by atoms with Crippen LogP contribution in [0.5, 0.6) is 0 Å². The van der Waals surface area contributed by atoms with Gasteiger partial charge in [0.05, 0.1) is 0 Å². The number of hydrogen-bond donors (Lipinski definition) is 2. The Labute approximate surface area is 113 Å². The van der Waals surface area contributed by atoms with Crippen LogP contribution in [0, 0.1) is 5.92 Å². The van der Waals surface area contributed by atoms with E-state index in [1.807, 2.05) is 0 Å². The van der Waals surface area contributed by atoms with E-state index in [4.69, 9.17) is 5.73 Å². The average molecular weight is 348 g/mol. The Kier molecular flexibility index (Phi) is 4.27. The SMILES string of the molecule is NCC1CCCC1Nc1ccc(Br)cc1Br. The highest BCUT2D eigenvalue weighted by atomic mass is 79.9. The molecule has 0 spiro atoms. The molecule has 0 aromatic heterocycles. The Morgan fingerprint density at radius 2 is 2.12 bits per heavy atom. The smallest absolute Gasteiger partial charge is 0.0487 e. The van der Waals surface area contributed by atoms with Gasteiger partial charge in [-0.1, -0.05) is 22.4 Å². The molecule has 1 aliphatic rings. The summed E-state index contributed by atoms with van der Waals surface area (Å²) in [5.74, 6) is 0.621. The molecular formula is C12H16Br2N2. The van der Waals surface area contributed by atoms with Gasteiger partial charge in [-0.3, -0.25) is 0 Å². The normalized spacial score (nSPS) is 24.7. The first-order valence-electron chi connectivity index (χ1n) is 5.62. The molecule has 1 fully saturated rings. The zero-order valence-electron chi connectivity index (χ0n) is 9.05. The van der Waals surface area contributed by atoms with Gasteiger partial charge in [-0.2, -0.15) is 0 Å². The Morgan fingerprint density at radius 1 is 1.31 bits per heavy atom. The highest BCUT2D eigenvalue weighted by molar-refractivity contribution is 9.11. The van der Waals surface area contributed by atoms with E-state index in [0.29, 0.717) is 12.0 Å². The van der Waals surface area contributed by atoms with Crippen molar-refractivity contribution in [2.24, 2.45) is 11.7 Å². The first-order chi connectivity index (χ1) is 7.70. The lowest BCUT2D eigenvalue weighted by Crippen LogP contribution is -2.29. The van der Waals surface area contributed by atoms with Crippen molar-refractivity contribution in [1.82, 2.24) is 0 Å². The summed E-state index contributed by atoms with van der Waals surface area (Å²) in [5.41, 5.74) is 6.94. The third-order valence-corrected chi connectivity index (χ3v) is 4.38. The van der Waals surface area contributed by atoms with Crippen LogP contribution in [0.15, 0.2) is 27.1 Å². The monoisotopic (exact) mass is 346 g/mol. The van der Waals surface area contributed by atoms with E-state index >= 15 is 0 Å². The summed E-state index contributed by atoms with van der Waals surface area (Å²) < 4.78 is 2.19. The van der Waals surface area contributed by atoms with Crippen LogP contribution in [-0.4, -0.2) is 12.6 Å². The first-order valence-corrected chi connectivity index (χ1v) is 7.21. The van der Waals surface area contributed by atoms with Crippen LogP contribution in [0.4, 0.5) is 5.69 Å². The zero-order chi connectivity index (χ0) is 11.5. The standard InChI is InChI=1S/C12H16Br2N2/c13-9-4-5-12(10(14)6-9)16-11-3-1-2-8(11)7-15/h4-6,8,11,16H,1-3,7,15H2. The van der Waals surface area contributed by atoms with E-state index in [1.165, 1.54) is 19.3 Å². The molecule has 0 bridgehead atoms. The molecule has 1 aromatic rings. The summed E-state index contributed by atoms with van der Waals surface area (Å²) in [6.45, 7) is 0.784. The molecule has 1 aromatic carbocycles. The molecule has 0 amide bonds. The van der Waals surface area contributed by atoms with Crippen LogP contribution in [-0.2, 0) is 0 Å². The molecular weight excluding hydrogens is 332 g/mol. The number of rotatable bonds is 3. The fraction of sp³-hybridized carbons (Fsp3) is 0.500. The van der Waals surface area contributed by atoms with Gasteiger partial charge in [0, 0.05) is 20.7 Å². The van der Waals surface area contributed by atoms with Gasteiger partial charge < -0.3 is 11.1 Å². The molecule has 0 aliphatic heterocycles. The van der Waals surface area contributed by atoms with Crippen molar-refractivity contribution in [3.8, 4) is 0 Å². The van der Waals surface area contributed by atoms with E-state index in [0.717, 1.165) is 21.2 Å². The predicted octanol–water partition coefficient (Wildman–Crippen LogP) is 3.75. The maximum Gasteiger partial charge on any atom is 0.0487 e. The lowest BCUT2D eigenvalue weighted by atomic mass is 10.0. The average Bonchev–Trinajstić information content (AvgIpc) is 2.69. The highest BCUT2D eigenvalue weighted by Crippen LogP contribution is 2.32. The van der Waals surface area contributed by atoms with Gasteiger partial charge in [-0.15, -0.1) is 0 Å². The summed E-state index contributed by atoms with van der Waals surface area (Å²) >= 11 is 7.03. The quantitative estimate of drug-likeness (QED) is 0.873. The van der Waals surface area contributed by atoms with Crippen LogP contribution in [0.25, 0.3) is 0 Å². The molecule has 2 nitrogen and oxygen atoms in total. The van der Waals surface area contributed by atoms with E-state index in [9.17, 15) is 0 Å². The van der Waals surface area contributed by atoms with Crippen LogP contribution in [0.2, 0.25) is 0 Å². The highest BCUT2D eigenvalue weighted by Gasteiger charge is 2.26. The number of nitrogens with one attached hydrogen (secondary N) is 1. The summed E-state index contributed by atoms with van der Waals surface area (Å²) in [6, 6.07) is 6.75. The van der Waals surface area contributed by atoms with Crippen LogP contribution in [0.1, 0.15) is 19.3 Å². The Bertz CT molecular complexity index is 368. The van der Waals surface area contributed by atoms with Gasteiger partial charge in [-0.25, -0.2) is 0 Å². The zero-order valence-corrected chi connectivity index (χ0v) is 12.2. The predicted molar refractivity (Wildman–Crippen MR) is 75.6 cm³/mol. The molecule has 1 aliphatic carbocycles. The Hall–Kier alpha value is -0.0600. The molecule has 0 heterocycles. The van der Waals surface area contributed by atoms with Gasteiger partial charge in [0.1, 0.15) is 0 Å². The van der Waals surface area contributed by atoms with Gasteiger partial charge in [0.25, 0.3) is 0 Å². The van der Waals surface area contributed by atoms with E-state index in [1.54, 1.807) is 0 Å². The number of benzene rings is 1. The molecule has 2 rings (SSSR count). The van der Waals surface area contributed by atoms with E-state index in [2.05, 4.69) is 55.4 Å². The van der Waals surface area contributed by atoms with Crippen molar-refractivity contribution < 1.29 is 0 Å². The van der Waals surface area contributed by atoms with Gasteiger partial charge in [0.2, 0.25) is 0 Å². The minimum atomic E-state index is 0.530. The first kappa shape index (κ1) is 12.4. The van der Waals surface area contributed by atoms with Gasteiger partial charge >= 0.3 is 0 Å². The molecule has 88 valence electrons. The maximum atomic E-state index is 5.78. The molecule has 3 N–H and O–H groups in total. The Balaban J connectivity index is 2.08. The minimum Gasteiger partial charge on any atom is -0.381 e. The van der Waals surface area contributed by atoms with Crippen molar-refractivity contribution in [1.29, 1.82) is 0 Å². The van der Waals surface area contributed by atoms with Crippen molar-refractivity contribution in [3.05, 3.63) is 27.1 Å². The summed E-state index contributed by atoms with van der Waals surface area (Å²) in [4.78, 5) is 0. The summed E-state index contributed by atoms with van der Waals surface area (Å²) in [6.07, 6.45) is 3.76. The second-order valence-corrected chi connectivity index (χ2v) is 6.07. The molecule has 16 heavy (non-hydrogen) atoms. The second-order valence-electron chi connectivity index (χ2n) is 4.30. The molecule has 1 saturated carbocycles. The number of nitrogens with two attached hydrogens (primary N) is 1. The number of anilines is 1.